The molecule has 3 N–H and O–H groups in total. The average Bonchev–Trinajstić information content (AvgIpc) is 3.07. The molecular weight excluding hydrogens is 314 g/mol. The zero-order valence-electron chi connectivity index (χ0n) is 14.9. The standard InChI is InChI=1S/C20H29N3O2/c21-15-20(9-2-1-3-10-20)13-18(24)22-14-16-6-4-7-17(12-16)23-11-5-8-19(23)25/h4,6-7,12H,1-3,5,8-11,13-15,21H2,(H,22,24). The number of carbonyl (C=O) groups is 2. The molecule has 0 aromatic heterocycles. The second kappa shape index (κ2) is 8.00. The van der Waals surface area contributed by atoms with Gasteiger partial charge in [0.25, 0.3) is 0 Å². The number of benzene rings is 1. The Hall–Kier alpha value is -1.88. The van der Waals surface area contributed by atoms with Crippen molar-refractivity contribution in [3.63, 3.8) is 0 Å². The van der Waals surface area contributed by atoms with Gasteiger partial charge in [0, 0.05) is 31.6 Å². The molecule has 3 rings (SSSR count). The minimum absolute atomic E-state index is 0.00779. The van der Waals surface area contributed by atoms with Crippen LogP contribution in [0.15, 0.2) is 24.3 Å². The minimum atomic E-state index is -0.00779. The van der Waals surface area contributed by atoms with Gasteiger partial charge in [0.1, 0.15) is 0 Å². The summed E-state index contributed by atoms with van der Waals surface area (Å²) < 4.78 is 0. The van der Waals surface area contributed by atoms with Gasteiger partial charge in [-0.05, 0) is 48.9 Å². The van der Waals surface area contributed by atoms with Crippen LogP contribution in [-0.2, 0) is 16.1 Å². The third kappa shape index (κ3) is 4.40. The van der Waals surface area contributed by atoms with E-state index in [-0.39, 0.29) is 17.2 Å². The minimum Gasteiger partial charge on any atom is -0.352 e. The summed E-state index contributed by atoms with van der Waals surface area (Å²) in [6.07, 6.45) is 7.79. The SMILES string of the molecule is NCC1(CC(=O)NCc2cccc(N3CCCC3=O)c2)CCCCC1. The van der Waals surface area contributed by atoms with Crippen LogP contribution in [0.2, 0.25) is 0 Å². The Kier molecular flexibility index (Phi) is 5.74. The number of hydrogen-bond acceptors (Lipinski definition) is 3. The van der Waals surface area contributed by atoms with E-state index in [0.717, 1.165) is 37.1 Å². The third-order valence-corrected chi connectivity index (χ3v) is 5.67. The van der Waals surface area contributed by atoms with Crippen LogP contribution in [0, 0.1) is 5.41 Å². The number of anilines is 1. The summed E-state index contributed by atoms with van der Waals surface area (Å²) >= 11 is 0. The second-order valence-electron chi connectivity index (χ2n) is 7.54. The normalized spacial score (nSPS) is 19.9. The van der Waals surface area contributed by atoms with Crippen LogP contribution in [0.1, 0.15) is 56.9 Å². The van der Waals surface area contributed by atoms with Crippen LogP contribution in [-0.4, -0.2) is 24.9 Å². The highest BCUT2D eigenvalue weighted by atomic mass is 16.2. The molecule has 0 spiro atoms. The van der Waals surface area contributed by atoms with E-state index in [2.05, 4.69) is 5.32 Å². The zero-order chi connectivity index (χ0) is 17.7. The largest absolute Gasteiger partial charge is 0.352 e. The summed E-state index contributed by atoms with van der Waals surface area (Å²) in [4.78, 5) is 26.1. The van der Waals surface area contributed by atoms with Gasteiger partial charge >= 0.3 is 0 Å². The van der Waals surface area contributed by atoms with Crippen LogP contribution in [0.25, 0.3) is 0 Å². The van der Waals surface area contributed by atoms with Crippen molar-refractivity contribution in [3.05, 3.63) is 29.8 Å². The van der Waals surface area contributed by atoms with E-state index in [1.807, 2.05) is 29.2 Å². The highest BCUT2D eigenvalue weighted by Gasteiger charge is 2.32. The van der Waals surface area contributed by atoms with Crippen LogP contribution >= 0.6 is 0 Å². The lowest BCUT2D eigenvalue weighted by Gasteiger charge is -2.35. The Morgan fingerprint density at radius 2 is 2.00 bits per heavy atom. The molecule has 2 amide bonds. The Bertz CT molecular complexity index is 623. The highest BCUT2D eigenvalue weighted by molar-refractivity contribution is 5.95. The topological polar surface area (TPSA) is 75.4 Å². The van der Waals surface area contributed by atoms with Gasteiger partial charge in [0.05, 0.1) is 0 Å². The zero-order valence-corrected chi connectivity index (χ0v) is 14.9. The van der Waals surface area contributed by atoms with Crippen LogP contribution < -0.4 is 16.0 Å². The number of carbonyl (C=O) groups excluding carboxylic acids is 2. The summed E-state index contributed by atoms with van der Waals surface area (Å²) in [7, 11) is 0. The first-order chi connectivity index (χ1) is 12.1. The molecule has 2 aliphatic rings. The monoisotopic (exact) mass is 343 g/mol. The molecule has 136 valence electrons. The molecule has 1 aromatic rings. The molecule has 1 saturated heterocycles. The molecule has 2 fully saturated rings. The molecule has 5 nitrogen and oxygen atoms in total. The van der Waals surface area contributed by atoms with E-state index in [9.17, 15) is 9.59 Å². The second-order valence-corrected chi connectivity index (χ2v) is 7.54. The number of amides is 2. The first-order valence-corrected chi connectivity index (χ1v) is 9.48. The fraction of sp³-hybridized carbons (Fsp3) is 0.600. The van der Waals surface area contributed by atoms with Gasteiger partial charge in [0.15, 0.2) is 0 Å². The van der Waals surface area contributed by atoms with Crippen molar-refractivity contribution in [2.45, 2.75) is 57.9 Å². The summed E-state index contributed by atoms with van der Waals surface area (Å²) in [6.45, 7) is 1.87. The number of nitrogens with one attached hydrogen (secondary N) is 1. The van der Waals surface area contributed by atoms with Gasteiger partial charge in [-0.15, -0.1) is 0 Å². The predicted octanol–water partition coefficient (Wildman–Crippen LogP) is 2.73. The highest BCUT2D eigenvalue weighted by Crippen LogP contribution is 2.38. The van der Waals surface area contributed by atoms with Crippen LogP contribution in [0.4, 0.5) is 5.69 Å². The van der Waals surface area contributed by atoms with Gasteiger partial charge in [-0.2, -0.15) is 0 Å². The molecule has 25 heavy (non-hydrogen) atoms. The van der Waals surface area contributed by atoms with Crippen molar-refractivity contribution >= 4 is 17.5 Å². The molecule has 5 heteroatoms. The van der Waals surface area contributed by atoms with Gasteiger partial charge in [-0.1, -0.05) is 31.4 Å². The number of nitrogens with zero attached hydrogens (tertiary/aromatic N) is 1. The molecule has 0 atom stereocenters. The molecule has 1 aliphatic heterocycles. The molecule has 1 aromatic carbocycles. The van der Waals surface area contributed by atoms with Crippen molar-refractivity contribution in [1.29, 1.82) is 0 Å². The lowest BCUT2D eigenvalue weighted by atomic mass is 9.71. The van der Waals surface area contributed by atoms with Crippen molar-refractivity contribution in [2.75, 3.05) is 18.0 Å². The summed E-state index contributed by atoms with van der Waals surface area (Å²) in [5.74, 6) is 0.262. The van der Waals surface area contributed by atoms with E-state index < -0.39 is 0 Å². The maximum atomic E-state index is 12.4. The van der Waals surface area contributed by atoms with Gasteiger partial charge in [0.2, 0.25) is 11.8 Å². The van der Waals surface area contributed by atoms with E-state index in [1.165, 1.54) is 19.3 Å². The van der Waals surface area contributed by atoms with E-state index in [1.54, 1.807) is 0 Å². The maximum Gasteiger partial charge on any atom is 0.227 e. The number of rotatable bonds is 6. The smallest absolute Gasteiger partial charge is 0.227 e. The lowest BCUT2D eigenvalue weighted by Crippen LogP contribution is -2.38. The Morgan fingerprint density at radius 3 is 2.68 bits per heavy atom. The number of nitrogens with two attached hydrogens (primary N) is 1. The molecule has 0 bridgehead atoms. The summed E-state index contributed by atoms with van der Waals surface area (Å²) in [6, 6.07) is 7.90. The van der Waals surface area contributed by atoms with Crippen molar-refractivity contribution in [1.82, 2.24) is 5.32 Å². The van der Waals surface area contributed by atoms with Gasteiger partial charge < -0.3 is 16.0 Å². The lowest BCUT2D eigenvalue weighted by molar-refractivity contribution is -0.124. The fourth-order valence-corrected chi connectivity index (χ4v) is 4.11. The molecular formula is C20H29N3O2. The van der Waals surface area contributed by atoms with E-state index in [4.69, 9.17) is 5.73 Å². The fourth-order valence-electron chi connectivity index (χ4n) is 4.11. The maximum absolute atomic E-state index is 12.4. The summed E-state index contributed by atoms with van der Waals surface area (Å²) in [5.41, 5.74) is 7.93. The number of hydrogen-bond donors (Lipinski definition) is 2. The third-order valence-electron chi connectivity index (χ3n) is 5.67. The quantitative estimate of drug-likeness (QED) is 0.834. The van der Waals surface area contributed by atoms with Crippen molar-refractivity contribution < 1.29 is 9.59 Å². The summed E-state index contributed by atoms with van der Waals surface area (Å²) in [5, 5.41) is 3.04. The van der Waals surface area contributed by atoms with Crippen molar-refractivity contribution in [3.8, 4) is 0 Å². The van der Waals surface area contributed by atoms with E-state index >= 15 is 0 Å². The molecule has 0 radical (unpaired) electrons. The van der Waals surface area contributed by atoms with Crippen molar-refractivity contribution in [2.24, 2.45) is 11.1 Å². The van der Waals surface area contributed by atoms with Gasteiger partial charge in [-0.25, -0.2) is 0 Å². The molecule has 1 saturated carbocycles. The molecule has 1 heterocycles. The molecule has 0 unspecified atom stereocenters. The van der Waals surface area contributed by atoms with Crippen LogP contribution in [0.3, 0.4) is 0 Å². The Balaban J connectivity index is 1.56. The Labute approximate surface area is 150 Å². The first-order valence-electron chi connectivity index (χ1n) is 9.48. The predicted molar refractivity (Wildman–Crippen MR) is 99.1 cm³/mol. The molecule has 1 aliphatic carbocycles. The first kappa shape index (κ1) is 17.9. The van der Waals surface area contributed by atoms with Crippen LogP contribution in [0.5, 0.6) is 0 Å². The van der Waals surface area contributed by atoms with E-state index in [0.29, 0.717) is 25.9 Å². The van der Waals surface area contributed by atoms with Gasteiger partial charge in [-0.3, -0.25) is 9.59 Å². The average molecular weight is 343 g/mol. The Morgan fingerprint density at radius 1 is 1.20 bits per heavy atom.